The molecule has 0 heterocycles. The Morgan fingerprint density at radius 1 is 1.00 bits per heavy atom. The van der Waals surface area contributed by atoms with Crippen molar-refractivity contribution in [3.05, 3.63) is 78.4 Å². The third-order valence-electron chi connectivity index (χ3n) is 3.72. The van der Waals surface area contributed by atoms with Crippen molar-refractivity contribution in [2.75, 3.05) is 11.9 Å². The molecule has 0 atom stereocenters. The average Bonchev–Trinajstić information content (AvgIpc) is 2.65. The highest BCUT2D eigenvalue weighted by molar-refractivity contribution is 6.03. The van der Waals surface area contributed by atoms with Crippen LogP contribution in [0.4, 0.5) is 5.69 Å². The Balaban J connectivity index is 1.69. The molecule has 0 aliphatic rings. The Morgan fingerprint density at radius 2 is 1.77 bits per heavy atom. The van der Waals surface area contributed by atoms with Gasteiger partial charge in [-0.15, -0.1) is 0 Å². The summed E-state index contributed by atoms with van der Waals surface area (Å²) < 4.78 is 5.22. The van der Waals surface area contributed by atoms with E-state index < -0.39 is 5.91 Å². The molecule has 0 aromatic heterocycles. The SMILES string of the molecule is NC(=O)COc1cccc(NC(=O)/C=C/c2cccc3ccccc23)c1. The van der Waals surface area contributed by atoms with Gasteiger partial charge < -0.3 is 15.8 Å². The maximum Gasteiger partial charge on any atom is 0.255 e. The van der Waals surface area contributed by atoms with Gasteiger partial charge in [0.25, 0.3) is 5.91 Å². The van der Waals surface area contributed by atoms with Crippen LogP contribution in [0.5, 0.6) is 5.75 Å². The lowest BCUT2D eigenvalue weighted by Gasteiger charge is -2.07. The number of carbonyl (C=O) groups is 2. The molecule has 0 radical (unpaired) electrons. The second-order valence-corrected chi connectivity index (χ2v) is 5.67. The van der Waals surface area contributed by atoms with E-state index in [9.17, 15) is 9.59 Å². The van der Waals surface area contributed by atoms with E-state index in [1.807, 2.05) is 42.5 Å². The van der Waals surface area contributed by atoms with Crippen molar-refractivity contribution in [3.63, 3.8) is 0 Å². The van der Waals surface area contributed by atoms with Crippen molar-refractivity contribution in [1.29, 1.82) is 0 Å². The summed E-state index contributed by atoms with van der Waals surface area (Å²) >= 11 is 0. The number of benzene rings is 3. The Hall–Kier alpha value is -3.60. The molecular weight excluding hydrogens is 328 g/mol. The normalized spacial score (nSPS) is 10.8. The summed E-state index contributed by atoms with van der Waals surface area (Å²) in [6, 6.07) is 20.7. The number of fused-ring (bicyclic) bond motifs is 1. The zero-order chi connectivity index (χ0) is 18.4. The van der Waals surface area contributed by atoms with E-state index in [1.165, 1.54) is 6.08 Å². The van der Waals surface area contributed by atoms with Gasteiger partial charge in [0, 0.05) is 17.8 Å². The van der Waals surface area contributed by atoms with Gasteiger partial charge in [-0.25, -0.2) is 0 Å². The van der Waals surface area contributed by atoms with Crippen LogP contribution in [-0.2, 0) is 9.59 Å². The first-order valence-electron chi connectivity index (χ1n) is 8.10. The fraction of sp³-hybridized carbons (Fsp3) is 0.0476. The Morgan fingerprint density at radius 3 is 2.62 bits per heavy atom. The number of amides is 2. The fourth-order valence-corrected chi connectivity index (χ4v) is 2.56. The van der Waals surface area contributed by atoms with Crippen LogP contribution in [0.25, 0.3) is 16.8 Å². The van der Waals surface area contributed by atoms with Crippen molar-refractivity contribution in [3.8, 4) is 5.75 Å². The molecule has 3 rings (SSSR count). The predicted octanol–water partition coefficient (Wildman–Crippen LogP) is 3.36. The van der Waals surface area contributed by atoms with Gasteiger partial charge >= 0.3 is 0 Å². The molecule has 26 heavy (non-hydrogen) atoms. The van der Waals surface area contributed by atoms with Crippen molar-refractivity contribution in [2.24, 2.45) is 5.73 Å². The molecule has 0 aliphatic carbocycles. The first kappa shape index (κ1) is 17.2. The number of rotatable bonds is 6. The van der Waals surface area contributed by atoms with Crippen LogP contribution in [0.15, 0.2) is 72.8 Å². The minimum Gasteiger partial charge on any atom is -0.484 e. The topological polar surface area (TPSA) is 81.4 Å². The molecular formula is C21H18N2O3. The van der Waals surface area contributed by atoms with Gasteiger partial charge in [-0.05, 0) is 34.5 Å². The predicted molar refractivity (Wildman–Crippen MR) is 103 cm³/mol. The van der Waals surface area contributed by atoms with Crippen molar-refractivity contribution < 1.29 is 14.3 Å². The number of nitrogens with one attached hydrogen (secondary N) is 1. The molecule has 5 heteroatoms. The van der Waals surface area contributed by atoms with Gasteiger partial charge in [0.2, 0.25) is 5.91 Å². The number of hydrogen-bond acceptors (Lipinski definition) is 3. The monoisotopic (exact) mass is 346 g/mol. The van der Waals surface area contributed by atoms with E-state index in [1.54, 1.807) is 30.3 Å². The highest BCUT2D eigenvalue weighted by Crippen LogP contribution is 2.20. The van der Waals surface area contributed by atoms with Gasteiger partial charge in [0.05, 0.1) is 0 Å². The molecule has 0 saturated heterocycles. The van der Waals surface area contributed by atoms with Gasteiger partial charge in [-0.3, -0.25) is 9.59 Å². The summed E-state index contributed by atoms with van der Waals surface area (Å²) in [7, 11) is 0. The minimum atomic E-state index is -0.558. The molecule has 0 saturated carbocycles. The van der Waals surface area contributed by atoms with Crippen LogP contribution >= 0.6 is 0 Å². The van der Waals surface area contributed by atoms with Crippen LogP contribution in [0.2, 0.25) is 0 Å². The molecule has 5 nitrogen and oxygen atoms in total. The third-order valence-corrected chi connectivity index (χ3v) is 3.72. The molecule has 0 aliphatic heterocycles. The Kier molecular flexibility index (Phi) is 5.29. The van der Waals surface area contributed by atoms with Crippen LogP contribution < -0.4 is 15.8 Å². The van der Waals surface area contributed by atoms with Crippen molar-refractivity contribution in [1.82, 2.24) is 0 Å². The average molecular weight is 346 g/mol. The van der Waals surface area contributed by atoms with Crippen LogP contribution in [0.3, 0.4) is 0 Å². The van der Waals surface area contributed by atoms with Crippen LogP contribution in [0, 0.1) is 0 Å². The smallest absolute Gasteiger partial charge is 0.255 e. The Labute approximate surface area is 151 Å². The molecule has 3 N–H and O–H groups in total. The summed E-state index contributed by atoms with van der Waals surface area (Å²) in [4.78, 5) is 23.0. The first-order valence-corrected chi connectivity index (χ1v) is 8.10. The lowest BCUT2D eigenvalue weighted by molar-refractivity contribution is -0.120. The summed E-state index contributed by atoms with van der Waals surface area (Å²) in [6.45, 7) is -0.210. The van der Waals surface area contributed by atoms with E-state index in [0.29, 0.717) is 11.4 Å². The summed E-state index contributed by atoms with van der Waals surface area (Å²) in [5.74, 6) is -0.359. The van der Waals surface area contributed by atoms with Crippen molar-refractivity contribution >= 4 is 34.4 Å². The standard InChI is InChI=1S/C21H18N2O3/c22-20(24)14-26-18-9-4-8-17(13-18)23-21(25)12-11-16-7-3-6-15-5-1-2-10-19(15)16/h1-13H,14H2,(H2,22,24)(H,23,25)/b12-11+. The molecule has 3 aromatic carbocycles. The third kappa shape index (κ3) is 4.48. The van der Waals surface area contributed by atoms with Gasteiger partial charge in [0.1, 0.15) is 5.75 Å². The maximum atomic E-state index is 12.2. The summed E-state index contributed by atoms with van der Waals surface area (Å²) in [5, 5.41) is 4.97. The Bertz CT molecular complexity index is 974. The second kappa shape index (κ2) is 7.98. The highest BCUT2D eigenvalue weighted by Gasteiger charge is 2.03. The number of nitrogens with two attached hydrogens (primary N) is 1. The summed E-state index contributed by atoms with van der Waals surface area (Å²) in [6.07, 6.45) is 3.27. The van der Waals surface area contributed by atoms with Crippen LogP contribution in [0.1, 0.15) is 5.56 Å². The maximum absolute atomic E-state index is 12.2. The van der Waals surface area contributed by atoms with E-state index in [-0.39, 0.29) is 12.5 Å². The van der Waals surface area contributed by atoms with Crippen LogP contribution in [-0.4, -0.2) is 18.4 Å². The van der Waals surface area contributed by atoms with Gasteiger partial charge in [0.15, 0.2) is 6.61 Å². The second-order valence-electron chi connectivity index (χ2n) is 5.67. The fourth-order valence-electron chi connectivity index (χ4n) is 2.56. The summed E-state index contributed by atoms with van der Waals surface area (Å²) in [5.41, 5.74) is 6.59. The van der Waals surface area contributed by atoms with E-state index >= 15 is 0 Å². The molecule has 0 bridgehead atoms. The first-order chi connectivity index (χ1) is 12.6. The zero-order valence-corrected chi connectivity index (χ0v) is 14.0. The largest absolute Gasteiger partial charge is 0.484 e. The quantitative estimate of drug-likeness (QED) is 0.672. The molecule has 3 aromatic rings. The number of ether oxygens (including phenoxy) is 1. The molecule has 2 amide bonds. The molecule has 0 fully saturated rings. The van der Waals surface area contributed by atoms with E-state index in [2.05, 4.69) is 5.32 Å². The number of anilines is 1. The molecule has 130 valence electrons. The lowest BCUT2D eigenvalue weighted by atomic mass is 10.0. The van der Waals surface area contributed by atoms with Gasteiger partial charge in [-0.2, -0.15) is 0 Å². The molecule has 0 unspecified atom stereocenters. The number of primary amides is 1. The van der Waals surface area contributed by atoms with E-state index in [0.717, 1.165) is 16.3 Å². The minimum absolute atomic E-state index is 0.210. The highest BCUT2D eigenvalue weighted by atomic mass is 16.5. The number of hydrogen-bond donors (Lipinski definition) is 2. The lowest BCUT2D eigenvalue weighted by Crippen LogP contribution is -2.20. The molecule has 0 spiro atoms. The van der Waals surface area contributed by atoms with E-state index in [4.69, 9.17) is 10.5 Å². The number of carbonyl (C=O) groups excluding carboxylic acids is 2. The van der Waals surface area contributed by atoms with Crippen molar-refractivity contribution in [2.45, 2.75) is 0 Å². The van der Waals surface area contributed by atoms with Gasteiger partial charge in [-0.1, -0.05) is 48.5 Å². The zero-order valence-electron chi connectivity index (χ0n) is 14.0.